The molecule has 0 fully saturated rings. The summed E-state index contributed by atoms with van der Waals surface area (Å²) >= 11 is 1.67. The second-order valence-electron chi connectivity index (χ2n) is 3.72. The van der Waals surface area contributed by atoms with Crippen molar-refractivity contribution in [2.45, 2.75) is 45.9 Å². The van der Waals surface area contributed by atoms with E-state index in [1.165, 1.54) is 0 Å². The Kier molecular flexibility index (Phi) is 16.4. The molecule has 0 radical (unpaired) electrons. The van der Waals surface area contributed by atoms with E-state index in [2.05, 4.69) is 6.58 Å². The van der Waals surface area contributed by atoms with E-state index in [0.29, 0.717) is 5.57 Å². The highest BCUT2D eigenvalue weighted by molar-refractivity contribution is 7.98. The van der Waals surface area contributed by atoms with Crippen LogP contribution >= 0.6 is 11.8 Å². The fourth-order valence-electron chi connectivity index (χ4n) is 1.54. The molecule has 0 unspecified atom stereocenters. The van der Waals surface area contributed by atoms with E-state index < -0.39 is 0 Å². The highest BCUT2D eigenvalue weighted by Gasteiger charge is 2.08. The molecule has 0 N–H and O–H groups in total. The molecule has 122 valence electrons. The molecule has 0 atom stereocenters. The standard InChI is InChI=1S/C16H18OS.2C2H6/c1-4-6-8-13(7-5-2)16(17)14-9-11-15(18-3)12-10-14;2*1-2/h4,6-12H,1,5H2,2-3H3;2*1-2H3/b8-6-,13-7+;;. The van der Waals surface area contributed by atoms with Gasteiger partial charge in [-0.2, -0.15) is 0 Å². The monoisotopic (exact) mass is 318 g/mol. The lowest BCUT2D eigenvalue weighted by Crippen LogP contribution is -2.01. The van der Waals surface area contributed by atoms with Crippen LogP contribution in [0.5, 0.6) is 0 Å². The largest absolute Gasteiger partial charge is 0.289 e. The first-order chi connectivity index (χ1) is 10.7. The summed E-state index contributed by atoms with van der Waals surface area (Å²) in [4.78, 5) is 13.4. The zero-order valence-corrected chi connectivity index (χ0v) is 15.7. The van der Waals surface area contributed by atoms with Gasteiger partial charge < -0.3 is 0 Å². The third-order valence-corrected chi connectivity index (χ3v) is 3.19. The minimum Gasteiger partial charge on any atom is -0.289 e. The summed E-state index contributed by atoms with van der Waals surface area (Å²) in [6, 6.07) is 7.69. The first-order valence-corrected chi connectivity index (χ1v) is 9.13. The van der Waals surface area contributed by atoms with Gasteiger partial charge in [0.15, 0.2) is 5.78 Å². The molecule has 1 aromatic rings. The van der Waals surface area contributed by atoms with Crippen LogP contribution < -0.4 is 0 Å². The molecule has 1 rings (SSSR count). The summed E-state index contributed by atoms with van der Waals surface area (Å²) in [6.07, 6.45) is 10.1. The predicted molar refractivity (Wildman–Crippen MR) is 103 cm³/mol. The van der Waals surface area contributed by atoms with Crippen LogP contribution in [0, 0.1) is 0 Å². The minimum atomic E-state index is 0.0580. The molecular formula is C20H30OS. The summed E-state index contributed by atoms with van der Waals surface area (Å²) in [5, 5.41) is 0. The first kappa shape index (κ1) is 22.7. The Balaban J connectivity index is 0. The van der Waals surface area contributed by atoms with E-state index in [9.17, 15) is 4.79 Å². The lowest BCUT2D eigenvalue weighted by molar-refractivity contribution is 0.103. The van der Waals surface area contributed by atoms with Gasteiger partial charge in [-0.25, -0.2) is 0 Å². The zero-order chi connectivity index (χ0) is 17.4. The van der Waals surface area contributed by atoms with E-state index in [-0.39, 0.29) is 5.78 Å². The summed E-state index contributed by atoms with van der Waals surface area (Å²) in [5.74, 6) is 0.0580. The van der Waals surface area contributed by atoms with Crippen molar-refractivity contribution in [2.75, 3.05) is 6.26 Å². The van der Waals surface area contributed by atoms with Crippen LogP contribution in [0.1, 0.15) is 51.4 Å². The van der Waals surface area contributed by atoms with Gasteiger partial charge in [0.1, 0.15) is 0 Å². The molecule has 0 heterocycles. The topological polar surface area (TPSA) is 17.1 Å². The Morgan fingerprint density at radius 3 is 2.09 bits per heavy atom. The van der Waals surface area contributed by atoms with Gasteiger partial charge in [0.05, 0.1) is 0 Å². The van der Waals surface area contributed by atoms with Crippen molar-refractivity contribution >= 4 is 17.5 Å². The van der Waals surface area contributed by atoms with Crippen LogP contribution in [0.25, 0.3) is 0 Å². The summed E-state index contributed by atoms with van der Waals surface area (Å²) in [5.41, 5.74) is 1.44. The van der Waals surface area contributed by atoms with Gasteiger partial charge in [-0.3, -0.25) is 4.79 Å². The van der Waals surface area contributed by atoms with Crippen LogP contribution in [-0.2, 0) is 0 Å². The van der Waals surface area contributed by atoms with Crippen LogP contribution in [0.15, 0.2) is 65.6 Å². The quantitative estimate of drug-likeness (QED) is 0.250. The Morgan fingerprint density at radius 1 is 1.14 bits per heavy atom. The lowest BCUT2D eigenvalue weighted by Gasteiger charge is -2.03. The predicted octanol–water partition coefficient (Wildman–Crippen LogP) is 6.72. The molecule has 0 aliphatic carbocycles. The molecule has 0 aliphatic heterocycles. The van der Waals surface area contributed by atoms with Gasteiger partial charge in [0.25, 0.3) is 0 Å². The molecule has 0 spiro atoms. The molecule has 0 bridgehead atoms. The number of allylic oxidation sites excluding steroid dienone is 5. The van der Waals surface area contributed by atoms with Crippen molar-refractivity contribution in [1.29, 1.82) is 0 Å². The van der Waals surface area contributed by atoms with Crippen molar-refractivity contribution in [2.24, 2.45) is 0 Å². The number of hydrogen-bond acceptors (Lipinski definition) is 2. The average molecular weight is 319 g/mol. The number of benzene rings is 1. The smallest absolute Gasteiger partial charge is 0.192 e. The van der Waals surface area contributed by atoms with E-state index in [0.717, 1.165) is 16.9 Å². The van der Waals surface area contributed by atoms with Crippen molar-refractivity contribution in [3.05, 3.63) is 66.3 Å². The highest BCUT2D eigenvalue weighted by atomic mass is 32.2. The zero-order valence-electron chi connectivity index (χ0n) is 14.8. The minimum absolute atomic E-state index is 0.0580. The fourth-order valence-corrected chi connectivity index (χ4v) is 1.95. The molecule has 1 nitrogen and oxygen atoms in total. The number of carbonyl (C=O) groups is 1. The fraction of sp³-hybridized carbons (Fsp3) is 0.350. The molecule has 0 saturated heterocycles. The number of ketones is 1. The van der Waals surface area contributed by atoms with Crippen molar-refractivity contribution in [3.63, 3.8) is 0 Å². The van der Waals surface area contributed by atoms with Crippen molar-refractivity contribution in [1.82, 2.24) is 0 Å². The number of Topliss-reactive ketones (excluding diaryl/α,β-unsaturated/α-hetero) is 1. The van der Waals surface area contributed by atoms with Gasteiger partial charge in [-0.15, -0.1) is 11.8 Å². The van der Waals surface area contributed by atoms with E-state index >= 15 is 0 Å². The average Bonchev–Trinajstić information content (AvgIpc) is 2.61. The SMILES string of the molecule is C=C/C=C\C(=C/CC)C(=O)c1ccc(SC)cc1.CC.CC. The second kappa shape index (κ2) is 15.8. The van der Waals surface area contributed by atoms with E-state index in [1.54, 1.807) is 30.0 Å². The summed E-state index contributed by atoms with van der Waals surface area (Å²) in [6.45, 7) is 13.6. The molecule has 0 amide bonds. The number of thioether (sulfide) groups is 1. The molecule has 0 aromatic heterocycles. The normalized spacial score (nSPS) is 10.2. The van der Waals surface area contributed by atoms with Crippen molar-refractivity contribution in [3.8, 4) is 0 Å². The van der Waals surface area contributed by atoms with Gasteiger partial charge >= 0.3 is 0 Å². The Labute approximate surface area is 141 Å². The number of hydrogen-bond donors (Lipinski definition) is 0. The summed E-state index contributed by atoms with van der Waals surface area (Å²) in [7, 11) is 0. The maximum Gasteiger partial charge on any atom is 0.192 e. The Hall–Kier alpha value is -1.54. The third-order valence-electron chi connectivity index (χ3n) is 2.45. The number of carbonyl (C=O) groups excluding carboxylic acids is 1. The first-order valence-electron chi connectivity index (χ1n) is 7.91. The van der Waals surface area contributed by atoms with E-state index in [4.69, 9.17) is 0 Å². The van der Waals surface area contributed by atoms with E-state index in [1.807, 2.05) is 71.2 Å². The maximum absolute atomic E-state index is 12.3. The number of rotatable bonds is 6. The molecule has 1 aromatic carbocycles. The van der Waals surface area contributed by atoms with Crippen LogP contribution in [-0.4, -0.2) is 12.0 Å². The van der Waals surface area contributed by atoms with Crippen molar-refractivity contribution < 1.29 is 4.79 Å². The van der Waals surface area contributed by atoms with Crippen LogP contribution in [0.2, 0.25) is 0 Å². The van der Waals surface area contributed by atoms with Crippen LogP contribution in [0.4, 0.5) is 0 Å². The lowest BCUT2D eigenvalue weighted by atomic mass is 10.0. The third kappa shape index (κ3) is 8.68. The maximum atomic E-state index is 12.3. The van der Waals surface area contributed by atoms with Gasteiger partial charge in [0, 0.05) is 16.0 Å². The highest BCUT2D eigenvalue weighted by Crippen LogP contribution is 2.17. The second-order valence-corrected chi connectivity index (χ2v) is 4.60. The van der Waals surface area contributed by atoms with Gasteiger partial charge in [-0.1, -0.05) is 65.5 Å². The summed E-state index contributed by atoms with van der Waals surface area (Å²) < 4.78 is 0. The molecular weight excluding hydrogens is 288 g/mol. The van der Waals surface area contributed by atoms with Crippen LogP contribution in [0.3, 0.4) is 0 Å². The Morgan fingerprint density at radius 2 is 1.68 bits per heavy atom. The Bertz CT molecular complexity index is 467. The molecule has 2 heteroatoms. The molecule has 0 saturated carbocycles. The van der Waals surface area contributed by atoms with Gasteiger partial charge in [0.2, 0.25) is 0 Å². The van der Waals surface area contributed by atoms with Gasteiger partial charge in [-0.05, 0) is 36.9 Å². The molecule has 22 heavy (non-hydrogen) atoms. The molecule has 0 aliphatic rings.